The third-order valence-electron chi connectivity index (χ3n) is 2.87. The number of pyridine rings is 1. The lowest BCUT2D eigenvalue weighted by Crippen LogP contribution is -2.13. The molecule has 0 saturated carbocycles. The molecule has 10 heteroatoms. The molecule has 1 aromatic carbocycles. The summed E-state index contributed by atoms with van der Waals surface area (Å²) in [6, 6.07) is 5.14. The van der Waals surface area contributed by atoms with Crippen molar-refractivity contribution in [1.29, 1.82) is 0 Å². The smallest absolute Gasteiger partial charge is 0.322 e. The van der Waals surface area contributed by atoms with Crippen LogP contribution in [0.25, 0.3) is 0 Å². The molecule has 1 amide bonds. The molecular formula is C14H10F3N3O3S. The Morgan fingerprint density at radius 3 is 2.62 bits per heavy atom. The van der Waals surface area contributed by atoms with Crippen molar-refractivity contribution in [3.63, 3.8) is 0 Å². The Morgan fingerprint density at radius 2 is 2.00 bits per heavy atom. The number of nitrogens with one attached hydrogen (secondary N) is 1. The maximum atomic E-state index is 12.3. The van der Waals surface area contributed by atoms with Gasteiger partial charge in [0.15, 0.2) is 0 Å². The molecule has 0 fully saturated rings. The van der Waals surface area contributed by atoms with E-state index < -0.39 is 16.3 Å². The summed E-state index contributed by atoms with van der Waals surface area (Å²) < 4.78 is 37.0. The Bertz CT molecular complexity index is 796. The third-order valence-corrected chi connectivity index (χ3v) is 3.56. The summed E-state index contributed by atoms with van der Waals surface area (Å²) in [5.74, 6) is -0.717. The van der Waals surface area contributed by atoms with Crippen LogP contribution in [-0.2, 0) is 0 Å². The zero-order chi connectivity index (χ0) is 17.9. The van der Waals surface area contributed by atoms with Gasteiger partial charge in [-0.3, -0.25) is 19.9 Å². The zero-order valence-corrected chi connectivity index (χ0v) is 12.9. The van der Waals surface area contributed by atoms with Gasteiger partial charge in [-0.15, -0.1) is 0 Å². The summed E-state index contributed by atoms with van der Waals surface area (Å²) in [5.41, 5.74) is -4.18. The molecule has 126 valence electrons. The number of halogens is 3. The van der Waals surface area contributed by atoms with E-state index in [0.717, 1.165) is 18.5 Å². The number of amides is 1. The maximum absolute atomic E-state index is 12.3. The summed E-state index contributed by atoms with van der Waals surface area (Å²) in [6.07, 6.45) is 2.10. The van der Waals surface area contributed by atoms with Gasteiger partial charge in [0.25, 0.3) is 11.6 Å². The van der Waals surface area contributed by atoms with Gasteiger partial charge < -0.3 is 5.32 Å². The quantitative estimate of drug-likeness (QED) is 0.504. The summed E-state index contributed by atoms with van der Waals surface area (Å²) in [7, 11) is 0. The number of carbonyl (C=O) groups is 1. The van der Waals surface area contributed by atoms with Crippen LogP contribution in [0.4, 0.5) is 24.5 Å². The molecule has 2 rings (SSSR count). The summed E-state index contributed by atoms with van der Waals surface area (Å²) in [6.45, 7) is 1.55. The first-order chi connectivity index (χ1) is 11.2. The van der Waals surface area contributed by atoms with Crippen molar-refractivity contribution < 1.29 is 22.9 Å². The van der Waals surface area contributed by atoms with E-state index in [2.05, 4.69) is 10.3 Å². The molecule has 0 unspecified atom stereocenters. The first kappa shape index (κ1) is 17.7. The molecule has 6 nitrogen and oxygen atoms in total. The molecule has 0 spiro atoms. The number of aryl methyl sites for hydroxylation is 1. The Hall–Kier alpha value is -2.62. The van der Waals surface area contributed by atoms with E-state index in [9.17, 15) is 28.1 Å². The van der Waals surface area contributed by atoms with Crippen molar-refractivity contribution in [2.75, 3.05) is 5.32 Å². The van der Waals surface area contributed by atoms with Crippen molar-refractivity contribution in [3.8, 4) is 0 Å². The number of benzene rings is 1. The van der Waals surface area contributed by atoms with Crippen LogP contribution < -0.4 is 5.32 Å². The number of nitro benzene ring substituents is 1. The van der Waals surface area contributed by atoms with Crippen LogP contribution in [0.3, 0.4) is 0 Å². The van der Waals surface area contributed by atoms with Crippen LogP contribution in [0, 0.1) is 17.0 Å². The molecule has 0 saturated heterocycles. The van der Waals surface area contributed by atoms with E-state index in [1.54, 1.807) is 6.92 Å². The van der Waals surface area contributed by atoms with Gasteiger partial charge in [0.2, 0.25) is 0 Å². The average molecular weight is 357 g/mol. The standard InChI is InChI=1S/C14H10F3N3O3S/c1-8-2-3-10(5-12(8)20(22)23)19-13(21)9-4-11(7-18-6-9)24-14(15,16)17/h2-7H,1H3,(H,19,21). The molecule has 0 radical (unpaired) electrons. The number of nitro groups is 1. The fourth-order valence-corrected chi connectivity index (χ4v) is 2.39. The topological polar surface area (TPSA) is 85.1 Å². The predicted molar refractivity (Wildman–Crippen MR) is 81.9 cm³/mol. The summed E-state index contributed by atoms with van der Waals surface area (Å²) in [5, 5.41) is 13.3. The SMILES string of the molecule is Cc1ccc(NC(=O)c2cncc(SC(F)(F)F)c2)cc1[N+](=O)[O-]. The molecule has 2 aromatic rings. The minimum atomic E-state index is -4.49. The fourth-order valence-electron chi connectivity index (χ4n) is 1.82. The Morgan fingerprint density at radius 1 is 1.29 bits per heavy atom. The van der Waals surface area contributed by atoms with Gasteiger partial charge in [-0.1, -0.05) is 6.07 Å². The van der Waals surface area contributed by atoms with E-state index in [4.69, 9.17) is 0 Å². The number of carbonyl (C=O) groups excluding carboxylic acids is 1. The second-order valence-electron chi connectivity index (χ2n) is 4.67. The van der Waals surface area contributed by atoms with E-state index in [0.29, 0.717) is 5.56 Å². The van der Waals surface area contributed by atoms with Gasteiger partial charge in [0, 0.05) is 34.6 Å². The number of anilines is 1. The highest BCUT2D eigenvalue weighted by Crippen LogP contribution is 2.36. The van der Waals surface area contributed by atoms with E-state index in [1.165, 1.54) is 18.2 Å². The highest BCUT2D eigenvalue weighted by atomic mass is 32.2. The lowest BCUT2D eigenvalue weighted by atomic mass is 10.2. The van der Waals surface area contributed by atoms with Gasteiger partial charge in [0.1, 0.15) is 0 Å². The van der Waals surface area contributed by atoms with Crippen LogP contribution in [0.2, 0.25) is 0 Å². The molecular weight excluding hydrogens is 347 g/mol. The highest BCUT2D eigenvalue weighted by Gasteiger charge is 2.29. The molecule has 0 aliphatic heterocycles. The zero-order valence-electron chi connectivity index (χ0n) is 12.1. The van der Waals surface area contributed by atoms with Crippen molar-refractivity contribution in [3.05, 3.63) is 57.9 Å². The molecule has 1 N–H and O–H groups in total. The number of nitrogens with zero attached hydrogens (tertiary/aromatic N) is 2. The normalized spacial score (nSPS) is 11.2. The van der Waals surface area contributed by atoms with Gasteiger partial charge in [-0.25, -0.2) is 0 Å². The van der Waals surface area contributed by atoms with Crippen molar-refractivity contribution in [1.82, 2.24) is 4.98 Å². The predicted octanol–water partition coefficient (Wildman–Crippen LogP) is 4.16. The average Bonchev–Trinajstić information content (AvgIpc) is 2.47. The molecule has 0 aliphatic carbocycles. The molecule has 0 aliphatic rings. The summed E-state index contributed by atoms with van der Waals surface area (Å²) >= 11 is -0.385. The van der Waals surface area contributed by atoms with E-state index in [1.807, 2.05) is 0 Å². The van der Waals surface area contributed by atoms with Gasteiger partial charge in [-0.2, -0.15) is 13.2 Å². The number of aromatic nitrogens is 1. The molecule has 0 bridgehead atoms. The van der Waals surface area contributed by atoms with E-state index in [-0.39, 0.29) is 33.6 Å². The minimum absolute atomic E-state index is 0.0903. The van der Waals surface area contributed by atoms with Crippen molar-refractivity contribution >= 4 is 29.0 Å². The number of rotatable bonds is 4. The first-order valence-electron chi connectivity index (χ1n) is 6.43. The highest BCUT2D eigenvalue weighted by molar-refractivity contribution is 8.00. The molecule has 24 heavy (non-hydrogen) atoms. The van der Waals surface area contributed by atoms with Gasteiger partial charge in [0.05, 0.1) is 10.5 Å². The number of hydrogen-bond donors (Lipinski definition) is 1. The number of thioether (sulfide) groups is 1. The minimum Gasteiger partial charge on any atom is -0.322 e. The van der Waals surface area contributed by atoms with Crippen LogP contribution in [0.5, 0.6) is 0 Å². The first-order valence-corrected chi connectivity index (χ1v) is 7.24. The van der Waals surface area contributed by atoms with Gasteiger partial charge in [-0.05, 0) is 30.8 Å². The fraction of sp³-hybridized carbons (Fsp3) is 0.143. The lowest BCUT2D eigenvalue weighted by Gasteiger charge is -2.08. The van der Waals surface area contributed by atoms with Crippen LogP contribution in [0.15, 0.2) is 41.6 Å². The van der Waals surface area contributed by atoms with Crippen molar-refractivity contribution in [2.45, 2.75) is 17.3 Å². The van der Waals surface area contributed by atoms with Crippen LogP contribution in [0.1, 0.15) is 15.9 Å². The van der Waals surface area contributed by atoms with Gasteiger partial charge >= 0.3 is 5.51 Å². The second-order valence-corrected chi connectivity index (χ2v) is 5.81. The summed E-state index contributed by atoms with van der Waals surface area (Å²) in [4.78, 5) is 25.7. The number of alkyl halides is 3. The maximum Gasteiger partial charge on any atom is 0.446 e. The largest absolute Gasteiger partial charge is 0.446 e. The van der Waals surface area contributed by atoms with Crippen LogP contribution in [-0.4, -0.2) is 21.3 Å². The van der Waals surface area contributed by atoms with Crippen molar-refractivity contribution in [2.24, 2.45) is 0 Å². The Kier molecular flexibility index (Phi) is 5.07. The third kappa shape index (κ3) is 4.69. The second kappa shape index (κ2) is 6.87. The molecule has 1 heterocycles. The Labute approximate surface area is 138 Å². The van der Waals surface area contributed by atoms with E-state index >= 15 is 0 Å². The van der Waals surface area contributed by atoms with Crippen LogP contribution >= 0.6 is 11.8 Å². The number of hydrogen-bond acceptors (Lipinski definition) is 5. The molecule has 1 aromatic heterocycles. The lowest BCUT2D eigenvalue weighted by molar-refractivity contribution is -0.385. The Balaban J connectivity index is 2.20. The molecule has 0 atom stereocenters. The monoisotopic (exact) mass is 357 g/mol.